The second-order valence-electron chi connectivity index (χ2n) is 9.65. The first-order valence-electron chi connectivity index (χ1n) is 12.6. The lowest BCUT2D eigenvalue weighted by atomic mass is 9.94. The van der Waals surface area contributed by atoms with Crippen molar-refractivity contribution in [3.63, 3.8) is 0 Å². The molecule has 0 spiro atoms. The lowest BCUT2D eigenvalue weighted by molar-refractivity contribution is 0.105. The van der Waals surface area contributed by atoms with Crippen LogP contribution in [0.1, 0.15) is 27.0 Å². The largest absolute Gasteiger partial charge is 0.494 e. The molecular weight excluding hydrogens is 581 g/mol. The van der Waals surface area contributed by atoms with E-state index >= 15 is 0 Å². The molecule has 1 heterocycles. The Hall–Kier alpha value is -3.38. The maximum absolute atomic E-state index is 14.6. The van der Waals surface area contributed by atoms with Gasteiger partial charge in [0.1, 0.15) is 24.0 Å². The van der Waals surface area contributed by atoms with Gasteiger partial charge in [0.05, 0.1) is 13.4 Å². The summed E-state index contributed by atoms with van der Waals surface area (Å²) in [6, 6.07) is 12.0. The normalized spacial score (nSPS) is 16.0. The fourth-order valence-electron chi connectivity index (χ4n) is 5.07. The van der Waals surface area contributed by atoms with Crippen molar-refractivity contribution in [2.45, 2.75) is 0 Å². The van der Waals surface area contributed by atoms with Crippen molar-refractivity contribution in [1.82, 2.24) is 9.21 Å². The summed E-state index contributed by atoms with van der Waals surface area (Å²) in [6.45, 7) is 2.85. The first-order chi connectivity index (χ1) is 19.0. The maximum Gasteiger partial charge on any atom is 0.211 e. The van der Waals surface area contributed by atoms with E-state index in [1.807, 2.05) is 0 Å². The van der Waals surface area contributed by atoms with Crippen LogP contribution in [0.4, 0.5) is 13.2 Å². The van der Waals surface area contributed by atoms with Gasteiger partial charge in [-0.15, -0.1) is 12.4 Å². The third kappa shape index (κ3) is 6.43. The van der Waals surface area contributed by atoms with Crippen LogP contribution in [0.3, 0.4) is 0 Å². The number of carbonyl (C=O) groups excluding carboxylic acids is 1. The number of hydrogen-bond acceptors (Lipinski definition) is 6. The molecule has 0 aromatic heterocycles. The molecule has 0 saturated carbocycles. The van der Waals surface area contributed by atoms with Crippen molar-refractivity contribution in [1.29, 1.82) is 0 Å². The van der Waals surface area contributed by atoms with Gasteiger partial charge in [0.2, 0.25) is 10.0 Å². The average Bonchev–Trinajstić information content (AvgIpc) is 3.19. The minimum Gasteiger partial charge on any atom is -0.494 e. The zero-order chi connectivity index (χ0) is 28.6. The summed E-state index contributed by atoms with van der Waals surface area (Å²) in [5.41, 5.74) is 1.52. The number of sulfonamides is 1. The molecule has 0 radical (unpaired) electrons. The van der Waals surface area contributed by atoms with Gasteiger partial charge in [0.15, 0.2) is 17.3 Å². The predicted molar refractivity (Wildman–Crippen MR) is 152 cm³/mol. The Labute approximate surface area is 242 Å². The predicted octanol–water partition coefficient (Wildman–Crippen LogP) is 4.65. The highest BCUT2D eigenvalue weighted by Gasteiger charge is 2.33. The highest BCUT2D eigenvalue weighted by atomic mass is 35.5. The molecule has 3 aromatic carbocycles. The van der Waals surface area contributed by atoms with Crippen LogP contribution < -0.4 is 9.47 Å². The Balaban J connectivity index is 0.00000387. The molecule has 2 aliphatic rings. The molecule has 0 bridgehead atoms. The molecule has 218 valence electrons. The SMILES string of the molecule is COc1ccc(C2=C(c3cc(F)cc(F)c3)c3ccc(OCCN4CCN(S(C)(=O)=O)CC4)cc3C2=O)cc1F.Cl. The van der Waals surface area contributed by atoms with Crippen LogP contribution in [0.5, 0.6) is 11.5 Å². The van der Waals surface area contributed by atoms with E-state index in [2.05, 4.69) is 4.90 Å². The van der Waals surface area contributed by atoms with E-state index in [1.54, 1.807) is 18.2 Å². The van der Waals surface area contributed by atoms with E-state index in [4.69, 9.17) is 9.47 Å². The Morgan fingerprint density at radius 2 is 1.51 bits per heavy atom. The number of methoxy groups -OCH3 is 1. The van der Waals surface area contributed by atoms with Gasteiger partial charge < -0.3 is 9.47 Å². The van der Waals surface area contributed by atoms with E-state index in [9.17, 15) is 26.4 Å². The smallest absolute Gasteiger partial charge is 0.211 e. The number of ether oxygens (including phenoxy) is 2. The molecule has 41 heavy (non-hydrogen) atoms. The molecule has 12 heteroatoms. The number of nitrogens with zero attached hydrogens (tertiary/aromatic N) is 2. The lowest BCUT2D eigenvalue weighted by Crippen LogP contribution is -2.49. The summed E-state index contributed by atoms with van der Waals surface area (Å²) >= 11 is 0. The van der Waals surface area contributed by atoms with Gasteiger partial charge in [-0.1, -0.05) is 6.07 Å². The number of halogens is 4. The highest BCUT2D eigenvalue weighted by Crippen LogP contribution is 2.44. The van der Waals surface area contributed by atoms with Crippen LogP contribution >= 0.6 is 12.4 Å². The Morgan fingerprint density at radius 3 is 2.12 bits per heavy atom. The molecular formula is C29H28ClF3N2O5S. The van der Waals surface area contributed by atoms with Crippen LogP contribution in [0.2, 0.25) is 0 Å². The number of rotatable bonds is 8. The number of fused-ring (bicyclic) bond motifs is 1. The zero-order valence-electron chi connectivity index (χ0n) is 22.3. The molecule has 0 amide bonds. The van der Waals surface area contributed by atoms with Crippen molar-refractivity contribution in [3.05, 3.63) is 94.3 Å². The quantitative estimate of drug-likeness (QED) is 0.371. The van der Waals surface area contributed by atoms with Crippen LogP contribution in [-0.2, 0) is 10.0 Å². The standard InChI is InChI=1S/C29H27F3N2O5S.ClH/c1-38-26-6-3-18(15-25(26)32)28-27(19-13-20(30)16-21(31)14-19)23-5-4-22(17-24(23)29(28)35)39-12-11-33-7-9-34(10-8-33)40(2,36)37;/h3-6,13-17H,7-12H2,1-2H3;1H. The molecule has 0 N–H and O–H groups in total. The number of Topliss-reactive ketones (excluding diaryl/α,β-unsaturated/α-hetero) is 1. The zero-order valence-corrected chi connectivity index (χ0v) is 24.0. The summed E-state index contributed by atoms with van der Waals surface area (Å²) in [7, 11) is -1.89. The molecule has 1 saturated heterocycles. The van der Waals surface area contributed by atoms with Gasteiger partial charge in [-0.05, 0) is 59.2 Å². The molecule has 7 nitrogen and oxygen atoms in total. The monoisotopic (exact) mass is 608 g/mol. The fraction of sp³-hybridized carbons (Fsp3) is 0.276. The molecule has 3 aromatic rings. The minimum atomic E-state index is -3.21. The number of allylic oxidation sites excluding steroid dienone is 1. The summed E-state index contributed by atoms with van der Waals surface area (Å²) in [6.07, 6.45) is 1.20. The van der Waals surface area contributed by atoms with E-state index < -0.39 is 33.3 Å². The highest BCUT2D eigenvalue weighted by molar-refractivity contribution is 7.88. The molecule has 1 aliphatic carbocycles. The minimum absolute atomic E-state index is 0. The number of piperazine rings is 1. The Bertz CT molecular complexity index is 1600. The second-order valence-corrected chi connectivity index (χ2v) is 11.6. The van der Waals surface area contributed by atoms with Gasteiger partial charge in [0, 0.05) is 55.5 Å². The van der Waals surface area contributed by atoms with E-state index in [-0.39, 0.29) is 40.4 Å². The topological polar surface area (TPSA) is 76.2 Å². The summed E-state index contributed by atoms with van der Waals surface area (Å²) < 4.78 is 78.8. The molecule has 1 fully saturated rings. The molecule has 1 aliphatic heterocycles. The summed E-state index contributed by atoms with van der Waals surface area (Å²) in [4.78, 5) is 15.8. The Morgan fingerprint density at radius 1 is 0.829 bits per heavy atom. The van der Waals surface area contributed by atoms with Crippen LogP contribution in [0, 0.1) is 17.5 Å². The van der Waals surface area contributed by atoms with Crippen molar-refractivity contribution in [2.24, 2.45) is 0 Å². The summed E-state index contributed by atoms with van der Waals surface area (Å²) in [5, 5.41) is 0. The van der Waals surface area contributed by atoms with Gasteiger partial charge in [0.25, 0.3) is 0 Å². The van der Waals surface area contributed by atoms with Gasteiger partial charge in [-0.25, -0.2) is 21.6 Å². The average molecular weight is 609 g/mol. The third-order valence-electron chi connectivity index (χ3n) is 7.05. The third-order valence-corrected chi connectivity index (χ3v) is 8.35. The number of ketones is 1. The van der Waals surface area contributed by atoms with Crippen molar-refractivity contribution < 1.29 is 35.9 Å². The van der Waals surface area contributed by atoms with Crippen molar-refractivity contribution in [2.75, 3.05) is 52.7 Å². The van der Waals surface area contributed by atoms with Crippen LogP contribution in [0.25, 0.3) is 11.1 Å². The Kier molecular flexibility index (Phi) is 9.13. The van der Waals surface area contributed by atoms with Crippen molar-refractivity contribution >= 4 is 39.4 Å². The number of carbonyl (C=O) groups is 1. The lowest BCUT2D eigenvalue weighted by Gasteiger charge is -2.33. The van der Waals surface area contributed by atoms with Gasteiger partial charge in [-0.3, -0.25) is 9.69 Å². The molecule has 5 rings (SSSR count). The van der Waals surface area contributed by atoms with Crippen LogP contribution in [0.15, 0.2) is 54.6 Å². The number of hydrogen-bond donors (Lipinski definition) is 0. The van der Waals surface area contributed by atoms with E-state index in [0.29, 0.717) is 56.2 Å². The molecule has 0 unspecified atom stereocenters. The summed E-state index contributed by atoms with van der Waals surface area (Å²) in [5.74, 6) is -2.29. The molecule has 0 atom stereocenters. The van der Waals surface area contributed by atoms with Crippen LogP contribution in [-0.4, -0.2) is 76.1 Å². The number of benzene rings is 3. The fourth-order valence-corrected chi connectivity index (χ4v) is 5.90. The van der Waals surface area contributed by atoms with Gasteiger partial charge >= 0.3 is 0 Å². The van der Waals surface area contributed by atoms with E-state index in [0.717, 1.165) is 24.3 Å². The van der Waals surface area contributed by atoms with Gasteiger partial charge in [-0.2, -0.15) is 4.31 Å². The second kappa shape index (κ2) is 12.2. The first kappa shape index (κ1) is 30.6. The van der Waals surface area contributed by atoms with E-state index in [1.165, 1.54) is 29.8 Å². The first-order valence-corrected chi connectivity index (χ1v) is 14.4. The maximum atomic E-state index is 14.6. The van der Waals surface area contributed by atoms with Crippen molar-refractivity contribution in [3.8, 4) is 11.5 Å².